The molecule has 9 nitrogen and oxygen atoms in total. The Kier molecular flexibility index (Phi) is 6.50. The topological polar surface area (TPSA) is 103 Å². The number of ether oxygens (including phenoxy) is 3. The standard InChI is InChI=1S/C21H25N3O6/c25-20(22-6-5-16-2-1-9-28-16)21(26)23-13-17(24-7-10-27-11-8-24)15-3-4-18-19(12-15)30-14-29-18/h1-4,9,12,17H,5-8,10-11,13-14H2,(H,22,25)(H,23,26)/p+1/t17-/m0/s1. The zero-order chi connectivity index (χ0) is 20.8. The van der Waals surface area contributed by atoms with Crippen LogP contribution in [0.25, 0.3) is 0 Å². The largest absolute Gasteiger partial charge is 0.469 e. The number of rotatable bonds is 7. The van der Waals surface area contributed by atoms with Crippen LogP contribution >= 0.6 is 0 Å². The number of hydrogen-bond donors (Lipinski definition) is 3. The molecule has 2 aromatic rings. The first-order valence-corrected chi connectivity index (χ1v) is 10.1. The smallest absolute Gasteiger partial charge is 0.309 e. The van der Waals surface area contributed by atoms with Crippen molar-refractivity contribution in [2.75, 3.05) is 46.2 Å². The van der Waals surface area contributed by atoms with Gasteiger partial charge < -0.3 is 34.2 Å². The maximum absolute atomic E-state index is 12.3. The highest BCUT2D eigenvalue weighted by molar-refractivity contribution is 6.35. The first-order chi connectivity index (χ1) is 14.7. The lowest BCUT2D eigenvalue weighted by Crippen LogP contribution is -3.15. The SMILES string of the molecule is O=C(NCCc1ccco1)C(=O)NC[C@@H](c1ccc2c(c1)OCO2)[NH+]1CCOCC1. The summed E-state index contributed by atoms with van der Waals surface area (Å²) < 4.78 is 21.6. The Morgan fingerprint density at radius 3 is 2.63 bits per heavy atom. The molecule has 2 amide bonds. The van der Waals surface area contributed by atoms with Crippen LogP contribution in [-0.4, -0.2) is 58.0 Å². The van der Waals surface area contributed by atoms with E-state index in [1.165, 1.54) is 4.90 Å². The lowest BCUT2D eigenvalue weighted by molar-refractivity contribution is -0.937. The summed E-state index contributed by atoms with van der Waals surface area (Å²) in [6, 6.07) is 9.40. The van der Waals surface area contributed by atoms with Crippen molar-refractivity contribution in [2.24, 2.45) is 0 Å². The second-order valence-electron chi connectivity index (χ2n) is 7.23. The molecule has 1 fully saturated rings. The van der Waals surface area contributed by atoms with Gasteiger partial charge in [-0.15, -0.1) is 0 Å². The molecule has 2 aliphatic rings. The van der Waals surface area contributed by atoms with Gasteiger partial charge in [-0.05, 0) is 30.3 Å². The van der Waals surface area contributed by atoms with Crippen LogP contribution in [-0.2, 0) is 20.7 Å². The van der Waals surface area contributed by atoms with Gasteiger partial charge in [-0.1, -0.05) is 0 Å². The molecule has 0 bridgehead atoms. The summed E-state index contributed by atoms with van der Waals surface area (Å²) in [5, 5.41) is 5.41. The molecule has 9 heteroatoms. The summed E-state index contributed by atoms with van der Waals surface area (Å²) in [5.74, 6) is 0.881. The van der Waals surface area contributed by atoms with Crippen molar-refractivity contribution < 1.29 is 33.1 Å². The van der Waals surface area contributed by atoms with Gasteiger partial charge in [0.25, 0.3) is 0 Å². The van der Waals surface area contributed by atoms with Crippen molar-refractivity contribution in [3.05, 3.63) is 47.9 Å². The van der Waals surface area contributed by atoms with Crippen molar-refractivity contribution in [2.45, 2.75) is 12.5 Å². The minimum absolute atomic E-state index is 0.0248. The van der Waals surface area contributed by atoms with Crippen LogP contribution in [0.3, 0.4) is 0 Å². The molecule has 160 valence electrons. The van der Waals surface area contributed by atoms with Crippen LogP contribution in [0.15, 0.2) is 41.0 Å². The molecule has 1 saturated heterocycles. The normalized spacial score (nSPS) is 16.8. The minimum atomic E-state index is -0.650. The van der Waals surface area contributed by atoms with E-state index in [1.807, 2.05) is 24.3 Å². The van der Waals surface area contributed by atoms with E-state index < -0.39 is 11.8 Å². The lowest BCUT2D eigenvalue weighted by Gasteiger charge is -2.32. The third kappa shape index (κ3) is 4.92. The number of carbonyl (C=O) groups excluding carboxylic acids is 2. The summed E-state index contributed by atoms with van der Waals surface area (Å²) in [6.07, 6.45) is 2.11. The number of benzene rings is 1. The van der Waals surface area contributed by atoms with E-state index in [0.29, 0.717) is 38.5 Å². The Bertz CT molecular complexity index is 864. The van der Waals surface area contributed by atoms with Crippen molar-refractivity contribution in [1.82, 2.24) is 10.6 Å². The number of fused-ring (bicyclic) bond motifs is 1. The quantitative estimate of drug-likeness (QED) is 0.523. The van der Waals surface area contributed by atoms with E-state index in [-0.39, 0.29) is 12.8 Å². The molecule has 3 heterocycles. The number of hydrogen-bond acceptors (Lipinski definition) is 6. The predicted molar refractivity (Wildman–Crippen MR) is 105 cm³/mol. The van der Waals surface area contributed by atoms with E-state index in [1.54, 1.807) is 12.3 Å². The molecular formula is C21H26N3O6+. The van der Waals surface area contributed by atoms with Crippen LogP contribution in [0, 0.1) is 0 Å². The Balaban J connectivity index is 1.35. The number of quaternary nitrogens is 1. The fraction of sp³-hybridized carbons (Fsp3) is 0.429. The number of morpholine rings is 1. The maximum Gasteiger partial charge on any atom is 0.309 e. The van der Waals surface area contributed by atoms with E-state index in [0.717, 1.165) is 30.2 Å². The molecule has 4 rings (SSSR count). The summed E-state index contributed by atoms with van der Waals surface area (Å²) in [4.78, 5) is 25.7. The van der Waals surface area contributed by atoms with Crippen molar-refractivity contribution in [3.63, 3.8) is 0 Å². The molecule has 0 aliphatic carbocycles. The molecule has 0 saturated carbocycles. The highest BCUT2D eigenvalue weighted by Gasteiger charge is 2.29. The van der Waals surface area contributed by atoms with Crippen LogP contribution in [0.1, 0.15) is 17.4 Å². The van der Waals surface area contributed by atoms with Crippen LogP contribution in [0.4, 0.5) is 0 Å². The molecule has 0 unspecified atom stereocenters. The number of amides is 2. The zero-order valence-electron chi connectivity index (χ0n) is 16.6. The zero-order valence-corrected chi connectivity index (χ0v) is 16.6. The third-order valence-electron chi connectivity index (χ3n) is 5.34. The van der Waals surface area contributed by atoms with Crippen LogP contribution < -0.4 is 25.0 Å². The lowest BCUT2D eigenvalue weighted by atomic mass is 10.0. The molecular weight excluding hydrogens is 390 g/mol. The second-order valence-corrected chi connectivity index (χ2v) is 7.23. The molecule has 30 heavy (non-hydrogen) atoms. The Morgan fingerprint density at radius 2 is 1.83 bits per heavy atom. The van der Waals surface area contributed by atoms with Gasteiger partial charge in [0.15, 0.2) is 11.5 Å². The van der Waals surface area contributed by atoms with E-state index in [2.05, 4.69) is 10.6 Å². The molecule has 1 aromatic heterocycles. The summed E-state index contributed by atoms with van der Waals surface area (Å²) in [7, 11) is 0. The van der Waals surface area contributed by atoms with Crippen molar-refractivity contribution in [1.29, 1.82) is 0 Å². The molecule has 2 aliphatic heterocycles. The van der Waals surface area contributed by atoms with Gasteiger partial charge in [-0.25, -0.2) is 0 Å². The average Bonchev–Trinajstić information content (AvgIpc) is 3.46. The highest BCUT2D eigenvalue weighted by Crippen LogP contribution is 2.33. The average molecular weight is 416 g/mol. The van der Waals surface area contributed by atoms with Crippen LogP contribution in [0.5, 0.6) is 11.5 Å². The fourth-order valence-electron chi connectivity index (χ4n) is 3.72. The molecule has 0 radical (unpaired) electrons. The molecule has 3 N–H and O–H groups in total. The van der Waals surface area contributed by atoms with Gasteiger partial charge >= 0.3 is 11.8 Å². The Hall–Kier alpha value is -3.04. The molecule has 1 aromatic carbocycles. The number of furan rings is 1. The van der Waals surface area contributed by atoms with Gasteiger partial charge in [0.2, 0.25) is 6.79 Å². The third-order valence-corrected chi connectivity index (χ3v) is 5.34. The Morgan fingerprint density at radius 1 is 1.03 bits per heavy atom. The maximum atomic E-state index is 12.3. The van der Waals surface area contributed by atoms with Crippen molar-refractivity contribution >= 4 is 11.8 Å². The molecule has 0 spiro atoms. The van der Waals surface area contributed by atoms with Crippen LogP contribution in [0.2, 0.25) is 0 Å². The first-order valence-electron chi connectivity index (χ1n) is 10.1. The summed E-state index contributed by atoms with van der Waals surface area (Å²) >= 11 is 0. The highest BCUT2D eigenvalue weighted by atomic mass is 16.7. The van der Waals surface area contributed by atoms with Gasteiger partial charge in [0.1, 0.15) is 24.9 Å². The van der Waals surface area contributed by atoms with Gasteiger partial charge in [-0.3, -0.25) is 9.59 Å². The van der Waals surface area contributed by atoms with Gasteiger partial charge in [-0.2, -0.15) is 0 Å². The van der Waals surface area contributed by atoms with E-state index in [9.17, 15) is 9.59 Å². The number of nitrogens with one attached hydrogen (secondary N) is 3. The van der Waals surface area contributed by atoms with Gasteiger partial charge in [0, 0.05) is 18.5 Å². The monoisotopic (exact) mass is 416 g/mol. The van der Waals surface area contributed by atoms with E-state index >= 15 is 0 Å². The summed E-state index contributed by atoms with van der Waals surface area (Å²) in [6.45, 7) is 3.85. The predicted octanol–water partition coefficient (Wildman–Crippen LogP) is -0.560. The van der Waals surface area contributed by atoms with Crippen molar-refractivity contribution in [3.8, 4) is 11.5 Å². The number of carbonyl (C=O) groups is 2. The molecule has 1 atom stereocenters. The Labute approximate surface area is 174 Å². The first kappa shape index (κ1) is 20.2. The second kappa shape index (κ2) is 9.64. The summed E-state index contributed by atoms with van der Waals surface area (Å²) in [5.41, 5.74) is 1.02. The van der Waals surface area contributed by atoms with Gasteiger partial charge in [0.05, 0.1) is 26.0 Å². The minimum Gasteiger partial charge on any atom is -0.469 e. The fourth-order valence-corrected chi connectivity index (χ4v) is 3.72. The van der Waals surface area contributed by atoms with E-state index in [4.69, 9.17) is 18.6 Å².